The summed E-state index contributed by atoms with van der Waals surface area (Å²) in [5.41, 5.74) is 8.99. The number of aromatic nitrogens is 1. The molecule has 0 aliphatic rings. The minimum Gasteiger partial charge on any atom is -0.438 e. The molecule has 4 nitrogen and oxygen atoms in total. The van der Waals surface area contributed by atoms with Crippen molar-refractivity contribution in [2.75, 3.05) is 0 Å². The first-order valence-corrected chi connectivity index (χ1v) is 6.04. The van der Waals surface area contributed by atoms with Gasteiger partial charge in [0.2, 0.25) is 5.88 Å². The number of rotatable bonds is 3. The molecule has 0 aliphatic heterocycles. The summed E-state index contributed by atoms with van der Waals surface area (Å²) in [6, 6.07) is 9.58. The van der Waals surface area contributed by atoms with Crippen LogP contribution in [0.25, 0.3) is 0 Å². The summed E-state index contributed by atoms with van der Waals surface area (Å²) < 4.78 is 5.78. The number of nitrogens with zero attached hydrogens (tertiary/aromatic N) is 1. The molecule has 0 saturated carbocycles. The van der Waals surface area contributed by atoms with Crippen molar-refractivity contribution in [1.82, 2.24) is 4.98 Å². The zero-order valence-electron chi connectivity index (χ0n) is 11.3. The Balaban J connectivity index is 2.47. The van der Waals surface area contributed by atoms with Crippen molar-refractivity contribution in [3.63, 3.8) is 0 Å². The van der Waals surface area contributed by atoms with Crippen LogP contribution in [0.5, 0.6) is 11.6 Å². The second kappa shape index (κ2) is 5.10. The van der Waals surface area contributed by atoms with Crippen LogP contribution in [-0.4, -0.2) is 10.8 Å². The predicted octanol–water partition coefficient (Wildman–Crippen LogP) is 3.08. The summed E-state index contributed by atoms with van der Waals surface area (Å²) >= 11 is 0. The Morgan fingerprint density at radius 1 is 1.21 bits per heavy atom. The molecule has 0 atom stereocenters. The maximum absolute atomic E-state index is 7.65. The highest BCUT2D eigenvalue weighted by Gasteiger charge is 2.13. The molecule has 0 radical (unpaired) electrons. The first-order valence-electron chi connectivity index (χ1n) is 6.04. The van der Waals surface area contributed by atoms with E-state index in [-0.39, 0.29) is 5.84 Å². The first kappa shape index (κ1) is 13.1. The number of benzene rings is 1. The van der Waals surface area contributed by atoms with E-state index in [1.807, 2.05) is 51.1 Å². The van der Waals surface area contributed by atoms with E-state index in [4.69, 9.17) is 15.9 Å². The van der Waals surface area contributed by atoms with E-state index in [0.29, 0.717) is 17.2 Å². The quantitative estimate of drug-likeness (QED) is 0.654. The van der Waals surface area contributed by atoms with Gasteiger partial charge in [-0.25, -0.2) is 4.98 Å². The molecule has 98 valence electrons. The lowest BCUT2D eigenvalue weighted by Gasteiger charge is -2.12. The van der Waals surface area contributed by atoms with E-state index in [1.165, 1.54) is 0 Å². The van der Waals surface area contributed by atoms with E-state index in [2.05, 4.69) is 4.98 Å². The Bertz CT molecular complexity index is 635. The van der Waals surface area contributed by atoms with Crippen molar-refractivity contribution in [2.45, 2.75) is 20.8 Å². The normalized spacial score (nSPS) is 10.3. The molecule has 1 heterocycles. The molecule has 0 spiro atoms. The van der Waals surface area contributed by atoms with Crippen LogP contribution in [-0.2, 0) is 0 Å². The largest absolute Gasteiger partial charge is 0.438 e. The lowest BCUT2D eigenvalue weighted by molar-refractivity contribution is 0.459. The topological polar surface area (TPSA) is 72.0 Å². The van der Waals surface area contributed by atoms with Crippen molar-refractivity contribution in [1.29, 1.82) is 5.41 Å². The Morgan fingerprint density at radius 2 is 1.95 bits per heavy atom. The molecular formula is C15H17N3O. The molecule has 1 aromatic carbocycles. The standard InChI is InChI=1S/C15H17N3O/c1-9-5-4-6-12(7-9)19-15-13(14(16)17)10(2)8-11(3)18-15/h4-8H,1-3H3,(H3,16,17). The van der Waals surface area contributed by atoms with E-state index < -0.39 is 0 Å². The first-order chi connectivity index (χ1) is 8.97. The molecule has 2 aromatic rings. The molecule has 0 aliphatic carbocycles. The summed E-state index contributed by atoms with van der Waals surface area (Å²) in [5, 5.41) is 7.65. The van der Waals surface area contributed by atoms with Crippen LogP contribution in [0.1, 0.15) is 22.4 Å². The monoisotopic (exact) mass is 255 g/mol. The second-order valence-electron chi connectivity index (χ2n) is 4.59. The summed E-state index contributed by atoms with van der Waals surface area (Å²) in [7, 11) is 0. The van der Waals surface area contributed by atoms with Crippen molar-refractivity contribution in [2.24, 2.45) is 5.73 Å². The van der Waals surface area contributed by atoms with Crippen LogP contribution in [0.3, 0.4) is 0 Å². The molecule has 19 heavy (non-hydrogen) atoms. The number of hydrogen-bond acceptors (Lipinski definition) is 3. The molecule has 0 fully saturated rings. The maximum Gasteiger partial charge on any atom is 0.230 e. The van der Waals surface area contributed by atoms with E-state index in [0.717, 1.165) is 16.8 Å². The van der Waals surface area contributed by atoms with Crippen LogP contribution in [0.15, 0.2) is 30.3 Å². The van der Waals surface area contributed by atoms with Gasteiger partial charge in [0.25, 0.3) is 0 Å². The zero-order chi connectivity index (χ0) is 14.0. The Hall–Kier alpha value is -2.36. The van der Waals surface area contributed by atoms with Crippen molar-refractivity contribution in [3.8, 4) is 11.6 Å². The molecule has 3 N–H and O–H groups in total. The maximum atomic E-state index is 7.65. The zero-order valence-corrected chi connectivity index (χ0v) is 11.3. The number of hydrogen-bond donors (Lipinski definition) is 2. The molecule has 1 aromatic heterocycles. The number of aryl methyl sites for hydroxylation is 3. The lowest BCUT2D eigenvalue weighted by Crippen LogP contribution is -2.15. The van der Waals surface area contributed by atoms with Crippen LogP contribution in [0.2, 0.25) is 0 Å². The Kier molecular flexibility index (Phi) is 3.51. The Morgan fingerprint density at radius 3 is 2.58 bits per heavy atom. The van der Waals surface area contributed by atoms with Gasteiger partial charge in [-0.15, -0.1) is 0 Å². The van der Waals surface area contributed by atoms with Gasteiger partial charge in [0, 0.05) is 5.69 Å². The third-order valence-electron chi connectivity index (χ3n) is 2.78. The van der Waals surface area contributed by atoms with Gasteiger partial charge in [-0.2, -0.15) is 0 Å². The highest BCUT2D eigenvalue weighted by atomic mass is 16.5. The van der Waals surface area contributed by atoms with E-state index >= 15 is 0 Å². The van der Waals surface area contributed by atoms with Crippen LogP contribution in [0, 0.1) is 26.2 Å². The van der Waals surface area contributed by atoms with Crippen LogP contribution in [0.4, 0.5) is 0 Å². The van der Waals surface area contributed by atoms with Gasteiger partial charge in [0.15, 0.2) is 0 Å². The van der Waals surface area contributed by atoms with Gasteiger partial charge in [0.05, 0.1) is 5.56 Å². The summed E-state index contributed by atoms with van der Waals surface area (Å²) in [4.78, 5) is 4.34. The summed E-state index contributed by atoms with van der Waals surface area (Å²) in [6.07, 6.45) is 0. The molecule has 0 unspecified atom stereocenters. The highest BCUT2D eigenvalue weighted by Crippen LogP contribution is 2.26. The fourth-order valence-corrected chi connectivity index (χ4v) is 1.99. The van der Waals surface area contributed by atoms with E-state index in [9.17, 15) is 0 Å². The second-order valence-corrected chi connectivity index (χ2v) is 4.59. The minimum atomic E-state index is -0.0346. The highest BCUT2D eigenvalue weighted by molar-refractivity contribution is 5.98. The summed E-state index contributed by atoms with van der Waals surface area (Å²) in [6.45, 7) is 5.78. The smallest absolute Gasteiger partial charge is 0.230 e. The molecule has 2 rings (SSSR count). The van der Waals surface area contributed by atoms with Gasteiger partial charge >= 0.3 is 0 Å². The van der Waals surface area contributed by atoms with Crippen LogP contribution >= 0.6 is 0 Å². The number of nitrogens with two attached hydrogens (primary N) is 1. The molecule has 0 saturated heterocycles. The van der Waals surface area contributed by atoms with Gasteiger partial charge in [-0.1, -0.05) is 12.1 Å². The fourth-order valence-electron chi connectivity index (χ4n) is 1.99. The average Bonchev–Trinajstić information content (AvgIpc) is 2.26. The average molecular weight is 255 g/mol. The predicted molar refractivity (Wildman–Crippen MR) is 76.0 cm³/mol. The number of nitrogen functional groups attached to an aromatic ring is 1. The number of pyridine rings is 1. The molecule has 0 bridgehead atoms. The Labute approximate surface area is 112 Å². The number of nitrogens with one attached hydrogen (secondary N) is 1. The summed E-state index contributed by atoms with van der Waals surface area (Å²) in [5.74, 6) is 1.04. The fraction of sp³-hybridized carbons (Fsp3) is 0.200. The van der Waals surface area contributed by atoms with Gasteiger partial charge in [-0.05, 0) is 50.1 Å². The lowest BCUT2D eigenvalue weighted by atomic mass is 10.1. The van der Waals surface area contributed by atoms with Gasteiger partial charge in [-0.3, -0.25) is 5.41 Å². The number of ether oxygens (including phenoxy) is 1. The van der Waals surface area contributed by atoms with Crippen molar-refractivity contribution in [3.05, 3.63) is 52.7 Å². The SMILES string of the molecule is Cc1cccc(Oc2nc(C)cc(C)c2C(=N)N)c1. The third kappa shape index (κ3) is 2.91. The van der Waals surface area contributed by atoms with E-state index in [1.54, 1.807) is 0 Å². The number of amidine groups is 1. The van der Waals surface area contributed by atoms with Crippen molar-refractivity contribution >= 4 is 5.84 Å². The van der Waals surface area contributed by atoms with Gasteiger partial charge < -0.3 is 10.5 Å². The van der Waals surface area contributed by atoms with Gasteiger partial charge in [0.1, 0.15) is 11.6 Å². The molecule has 0 amide bonds. The van der Waals surface area contributed by atoms with Crippen LogP contribution < -0.4 is 10.5 Å². The minimum absolute atomic E-state index is 0.0346. The molecule has 4 heteroatoms. The van der Waals surface area contributed by atoms with Crippen molar-refractivity contribution < 1.29 is 4.74 Å². The third-order valence-corrected chi connectivity index (χ3v) is 2.78. The molecular weight excluding hydrogens is 238 g/mol.